The second-order valence-corrected chi connectivity index (χ2v) is 10.6. The van der Waals surface area contributed by atoms with Crippen LogP contribution in [0.15, 0.2) is 36.4 Å². The summed E-state index contributed by atoms with van der Waals surface area (Å²) < 4.78 is 87.2. The van der Waals surface area contributed by atoms with Crippen molar-refractivity contribution in [3.05, 3.63) is 57.8 Å². The molecule has 0 saturated carbocycles. The van der Waals surface area contributed by atoms with Crippen LogP contribution < -0.4 is 5.46 Å². The Morgan fingerprint density at radius 2 is 1.13 bits per heavy atom. The molecule has 0 bridgehead atoms. The van der Waals surface area contributed by atoms with Gasteiger partial charge in [0.15, 0.2) is 0 Å². The molecule has 0 unspecified atom stereocenters. The number of phenolic OH excluding ortho intramolecular Hbond substituents is 1. The fraction of sp³-hybridized carbons (Fsp3) is 0.333. The number of rotatable bonds is 1. The Labute approximate surface area is 223 Å². The van der Waals surface area contributed by atoms with Gasteiger partial charge in [-0.25, -0.2) is 0 Å². The van der Waals surface area contributed by atoms with E-state index in [0.29, 0.717) is 21.4 Å². The van der Waals surface area contributed by atoms with Crippen molar-refractivity contribution in [1.82, 2.24) is 9.97 Å². The first kappa shape index (κ1) is 28.5. The Hall–Kier alpha value is -2.54. The van der Waals surface area contributed by atoms with Gasteiger partial charge in [-0.05, 0) is 63.4 Å². The minimum atomic E-state index is -4.43. The molecule has 0 aliphatic carbocycles. The van der Waals surface area contributed by atoms with Crippen molar-refractivity contribution in [3.8, 4) is 5.75 Å². The maximum Gasteiger partial charge on any atom is 0.496 e. The number of H-pyrrole nitrogens is 2. The first-order valence-electron chi connectivity index (χ1n) is 11.1. The van der Waals surface area contributed by atoms with E-state index in [-0.39, 0.29) is 21.7 Å². The van der Waals surface area contributed by atoms with E-state index in [9.17, 15) is 31.4 Å². The Morgan fingerprint density at radius 3 is 1.58 bits per heavy atom. The first-order valence-corrected chi connectivity index (χ1v) is 11.9. The molecule has 0 amide bonds. The summed E-state index contributed by atoms with van der Waals surface area (Å²) in [6.07, 6.45) is -8.86. The summed E-state index contributed by atoms with van der Waals surface area (Å²) in [6.45, 7) is 7.60. The van der Waals surface area contributed by atoms with Crippen LogP contribution in [-0.2, 0) is 21.7 Å². The summed E-state index contributed by atoms with van der Waals surface area (Å²) in [5.41, 5.74) is -1.69. The number of hydrogen-bond donors (Lipinski definition) is 3. The van der Waals surface area contributed by atoms with Crippen molar-refractivity contribution in [1.29, 1.82) is 0 Å². The molecule has 5 rings (SSSR count). The van der Waals surface area contributed by atoms with Crippen LogP contribution in [0.1, 0.15) is 39.1 Å². The largest absolute Gasteiger partial charge is 0.506 e. The number of fused-ring (bicyclic) bond motifs is 2. The van der Waals surface area contributed by atoms with Gasteiger partial charge in [0.05, 0.1) is 16.2 Å². The highest BCUT2D eigenvalue weighted by atomic mass is 35.5. The van der Waals surface area contributed by atoms with Crippen LogP contribution in [0.5, 0.6) is 5.75 Å². The maximum atomic E-state index is 12.8. The number of benzene rings is 2. The molecule has 1 aliphatic heterocycles. The van der Waals surface area contributed by atoms with Crippen molar-refractivity contribution >= 4 is 57.6 Å². The number of alkyl halides is 6. The second kappa shape index (κ2) is 9.29. The smallest absolute Gasteiger partial charge is 0.496 e. The van der Waals surface area contributed by atoms with Crippen molar-refractivity contribution < 1.29 is 40.8 Å². The van der Waals surface area contributed by atoms with Gasteiger partial charge in [0.2, 0.25) is 0 Å². The zero-order chi connectivity index (χ0) is 28.4. The van der Waals surface area contributed by atoms with E-state index in [0.717, 1.165) is 12.1 Å². The Morgan fingerprint density at radius 1 is 0.711 bits per heavy atom. The van der Waals surface area contributed by atoms with Crippen molar-refractivity contribution in [2.75, 3.05) is 0 Å². The van der Waals surface area contributed by atoms with Gasteiger partial charge < -0.3 is 24.4 Å². The number of nitrogens with one attached hydrogen (secondary N) is 2. The molecule has 3 N–H and O–H groups in total. The molecule has 1 aliphatic rings. The van der Waals surface area contributed by atoms with E-state index in [4.69, 9.17) is 32.5 Å². The number of phenols is 1. The summed E-state index contributed by atoms with van der Waals surface area (Å²) in [5, 5.41) is 10.2. The zero-order valence-electron chi connectivity index (χ0n) is 20.3. The van der Waals surface area contributed by atoms with E-state index in [2.05, 4.69) is 9.97 Å². The molecule has 0 spiro atoms. The second-order valence-electron chi connectivity index (χ2n) is 9.80. The van der Waals surface area contributed by atoms with Gasteiger partial charge in [-0.1, -0.05) is 29.3 Å². The predicted octanol–water partition coefficient (Wildman–Crippen LogP) is 7.69. The maximum absolute atomic E-state index is 12.8. The lowest BCUT2D eigenvalue weighted by molar-refractivity contribution is -0.141. The van der Waals surface area contributed by atoms with Gasteiger partial charge in [-0.3, -0.25) is 0 Å². The summed E-state index contributed by atoms with van der Waals surface area (Å²) in [4.78, 5) is 4.52. The molecule has 0 radical (unpaired) electrons. The summed E-state index contributed by atoms with van der Waals surface area (Å²) in [6, 6.07) is 7.45. The van der Waals surface area contributed by atoms with Gasteiger partial charge in [-0.15, -0.1) is 0 Å². The molecule has 1 saturated heterocycles. The molecule has 2 aromatic carbocycles. The number of aromatic nitrogens is 2. The molecular formula is C24H21BCl2F6N2O3. The third-order valence-corrected chi connectivity index (χ3v) is 7.17. The van der Waals surface area contributed by atoms with E-state index < -0.39 is 42.1 Å². The Bertz CT molecular complexity index is 1460. The van der Waals surface area contributed by atoms with Crippen LogP contribution in [0.4, 0.5) is 26.3 Å². The molecule has 2 aromatic heterocycles. The average molecular weight is 581 g/mol. The van der Waals surface area contributed by atoms with Gasteiger partial charge in [0.1, 0.15) is 17.1 Å². The predicted molar refractivity (Wildman–Crippen MR) is 134 cm³/mol. The summed E-state index contributed by atoms with van der Waals surface area (Å²) >= 11 is 11.8. The Kier molecular flexibility index (Phi) is 6.96. The standard InChI is InChI=1S/C15H16BClF3NO2.C9H5ClF3NO/c1-13(2)14(3,4)23-16(22-13)9-5-8-6-12(15(18,19)20)21-11(8)7-10(9)17;10-5-3-6-4(1-7(5)15)2-8(14-6)9(11,12)13/h5-7,21H,1-4H3;1-3,14-15H. The molecule has 38 heavy (non-hydrogen) atoms. The highest BCUT2D eigenvalue weighted by Gasteiger charge is 2.52. The number of aromatic hydroxyl groups is 1. The number of aromatic amines is 2. The molecule has 1 fully saturated rings. The third kappa shape index (κ3) is 5.45. The molecule has 204 valence electrons. The highest BCUT2D eigenvalue weighted by Crippen LogP contribution is 2.38. The summed E-state index contributed by atoms with van der Waals surface area (Å²) in [5.74, 6) is -0.239. The molecule has 5 nitrogen and oxygen atoms in total. The van der Waals surface area contributed by atoms with Gasteiger partial charge >= 0.3 is 19.5 Å². The zero-order valence-corrected chi connectivity index (χ0v) is 21.8. The average Bonchev–Trinajstić information content (AvgIpc) is 3.41. The molecule has 0 atom stereocenters. The van der Waals surface area contributed by atoms with E-state index >= 15 is 0 Å². The molecule has 4 aromatic rings. The Balaban J connectivity index is 0.000000194. The fourth-order valence-electron chi connectivity index (χ4n) is 3.77. The number of halogens is 8. The van der Waals surface area contributed by atoms with Crippen LogP contribution in [-0.4, -0.2) is 33.4 Å². The van der Waals surface area contributed by atoms with Crippen LogP contribution in [0.3, 0.4) is 0 Å². The van der Waals surface area contributed by atoms with Crippen LogP contribution >= 0.6 is 23.2 Å². The summed E-state index contributed by atoms with van der Waals surface area (Å²) in [7, 11) is -0.721. The van der Waals surface area contributed by atoms with Crippen LogP contribution in [0, 0.1) is 0 Å². The lowest BCUT2D eigenvalue weighted by atomic mass is 9.78. The van der Waals surface area contributed by atoms with Gasteiger partial charge in [-0.2, -0.15) is 26.3 Å². The lowest BCUT2D eigenvalue weighted by Gasteiger charge is -2.32. The van der Waals surface area contributed by atoms with Crippen molar-refractivity contribution in [2.45, 2.75) is 51.2 Å². The fourth-order valence-corrected chi connectivity index (χ4v) is 4.19. The number of hydrogen-bond acceptors (Lipinski definition) is 3. The normalized spacial score (nSPS) is 17.2. The van der Waals surface area contributed by atoms with E-state index in [1.54, 1.807) is 6.07 Å². The molecule has 14 heteroatoms. The minimum absolute atomic E-state index is 0.0121. The monoisotopic (exact) mass is 580 g/mol. The molecular weight excluding hydrogens is 560 g/mol. The third-order valence-electron chi connectivity index (χ3n) is 6.54. The van der Waals surface area contributed by atoms with E-state index in [1.807, 2.05) is 27.7 Å². The van der Waals surface area contributed by atoms with Crippen molar-refractivity contribution in [2.24, 2.45) is 0 Å². The van der Waals surface area contributed by atoms with Gasteiger partial charge in [0, 0.05) is 26.9 Å². The SMILES string of the molecule is CC1(C)OB(c2cc3cc(C(F)(F)F)[nH]c3cc2Cl)OC1(C)C.Oc1cc2cc(C(F)(F)F)[nH]c2cc1Cl. The lowest BCUT2D eigenvalue weighted by Crippen LogP contribution is -2.41. The quantitative estimate of drug-likeness (QED) is 0.160. The molecule has 3 heterocycles. The highest BCUT2D eigenvalue weighted by molar-refractivity contribution is 6.66. The van der Waals surface area contributed by atoms with Crippen molar-refractivity contribution in [3.63, 3.8) is 0 Å². The topological polar surface area (TPSA) is 70.3 Å². The minimum Gasteiger partial charge on any atom is -0.506 e. The van der Waals surface area contributed by atoms with Crippen LogP contribution in [0.25, 0.3) is 21.8 Å². The van der Waals surface area contributed by atoms with Gasteiger partial charge in [0.25, 0.3) is 0 Å². The van der Waals surface area contributed by atoms with Crippen LogP contribution in [0.2, 0.25) is 10.0 Å². The van der Waals surface area contributed by atoms with E-state index in [1.165, 1.54) is 18.2 Å². The first-order chi connectivity index (χ1) is 17.3.